The van der Waals surface area contributed by atoms with Crippen molar-refractivity contribution in [2.24, 2.45) is 0 Å². The van der Waals surface area contributed by atoms with Gasteiger partial charge in [0, 0.05) is 17.8 Å². The van der Waals surface area contributed by atoms with Crippen molar-refractivity contribution in [2.45, 2.75) is 26.2 Å². The molecule has 0 amide bonds. The van der Waals surface area contributed by atoms with Crippen LogP contribution in [0, 0.1) is 10.1 Å². The summed E-state index contributed by atoms with van der Waals surface area (Å²) in [5.74, 6) is 0. The van der Waals surface area contributed by atoms with E-state index in [1.54, 1.807) is 6.20 Å². The van der Waals surface area contributed by atoms with Gasteiger partial charge in [-0.05, 0) is 17.0 Å². The lowest BCUT2D eigenvalue weighted by Crippen LogP contribution is -2.10. The van der Waals surface area contributed by atoms with Gasteiger partial charge in [-0.1, -0.05) is 39.0 Å². The van der Waals surface area contributed by atoms with Crippen LogP contribution < -0.4 is 0 Å². The Morgan fingerprint density at radius 3 is 2.56 bits per heavy atom. The molecule has 4 nitrogen and oxygen atoms in total. The maximum Gasteiger partial charge on any atom is 0.294 e. The minimum Gasteiger partial charge on any atom is -0.355 e. The summed E-state index contributed by atoms with van der Waals surface area (Å²) in [5.41, 5.74) is 2.70. The number of nitro groups is 1. The predicted molar refractivity (Wildman–Crippen MR) is 71.6 cm³/mol. The third kappa shape index (κ3) is 2.27. The third-order valence-corrected chi connectivity index (χ3v) is 2.94. The van der Waals surface area contributed by atoms with Crippen molar-refractivity contribution in [2.75, 3.05) is 0 Å². The molecule has 0 bridgehead atoms. The zero-order valence-corrected chi connectivity index (χ0v) is 10.7. The van der Waals surface area contributed by atoms with Gasteiger partial charge in [0.1, 0.15) is 5.69 Å². The normalized spacial score (nSPS) is 11.5. The van der Waals surface area contributed by atoms with Crippen LogP contribution in [0.15, 0.2) is 36.5 Å². The van der Waals surface area contributed by atoms with Crippen molar-refractivity contribution < 1.29 is 4.92 Å². The zero-order valence-electron chi connectivity index (χ0n) is 10.7. The fourth-order valence-electron chi connectivity index (χ4n) is 1.89. The number of aromatic nitrogens is 1. The van der Waals surface area contributed by atoms with E-state index in [4.69, 9.17) is 0 Å². The van der Waals surface area contributed by atoms with E-state index in [9.17, 15) is 10.1 Å². The lowest BCUT2D eigenvalue weighted by Gasteiger charge is -2.19. The van der Waals surface area contributed by atoms with E-state index in [1.807, 2.05) is 24.3 Å². The van der Waals surface area contributed by atoms with Crippen molar-refractivity contribution in [1.82, 2.24) is 4.98 Å². The summed E-state index contributed by atoms with van der Waals surface area (Å²) in [7, 11) is 0. The number of benzene rings is 1. The molecule has 0 aliphatic heterocycles. The fourth-order valence-corrected chi connectivity index (χ4v) is 1.89. The quantitative estimate of drug-likeness (QED) is 0.643. The van der Waals surface area contributed by atoms with Crippen molar-refractivity contribution in [3.05, 3.63) is 52.2 Å². The molecule has 0 spiro atoms. The van der Waals surface area contributed by atoms with Gasteiger partial charge in [0.05, 0.1) is 4.92 Å². The Kier molecular flexibility index (Phi) is 2.95. The van der Waals surface area contributed by atoms with Crippen LogP contribution in [-0.4, -0.2) is 9.91 Å². The number of nitrogens with one attached hydrogen (secondary N) is 1. The van der Waals surface area contributed by atoms with E-state index in [2.05, 4.69) is 25.8 Å². The van der Waals surface area contributed by atoms with Gasteiger partial charge in [-0.25, -0.2) is 0 Å². The summed E-state index contributed by atoms with van der Waals surface area (Å²) in [4.78, 5) is 13.5. The molecular weight excluding hydrogens is 228 g/mol. The highest BCUT2D eigenvalue weighted by molar-refractivity contribution is 5.70. The summed E-state index contributed by atoms with van der Waals surface area (Å²) in [6, 6.07) is 9.34. The monoisotopic (exact) mass is 244 g/mol. The molecule has 0 unspecified atom stereocenters. The highest BCUT2D eigenvalue weighted by Gasteiger charge is 2.19. The molecule has 2 aromatic rings. The zero-order chi connectivity index (χ0) is 13.3. The molecule has 0 saturated carbocycles. The molecular formula is C14H16N2O2. The molecule has 1 N–H and O–H groups in total. The molecule has 0 fully saturated rings. The SMILES string of the molecule is CC(C)(C)c1cccc(-c2[nH]ccc2[N+](=O)[O-])c1. The van der Waals surface area contributed by atoms with Gasteiger partial charge in [-0.15, -0.1) is 0 Å². The Balaban J connectivity index is 2.52. The highest BCUT2D eigenvalue weighted by atomic mass is 16.6. The Bertz CT molecular complexity index is 579. The Labute approximate surface area is 106 Å². The van der Waals surface area contributed by atoms with Crippen LogP contribution in [0.3, 0.4) is 0 Å². The lowest BCUT2D eigenvalue weighted by molar-refractivity contribution is -0.384. The minimum atomic E-state index is -0.365. The second-order valence-corrected chi connectivity index (χ2v) is 5.33. The molecule has 1 aromatic heterocycles. The van der Waals surface area contributed by atoms with Gasteiger partial charge in [-0.3, -0.25) is 10.1 Å². The van der Waals surface area contributed by atoms with Gasteiger partial charge >= 0.3 is 0 Å². The fraction of sp³-hybridized carbons (Fsp3) is 0.286. The van der Waals surface area contributed by atoms with Crippen LogP contribution in [0.5, 0.6) is 0 Å². The van der Waals surface area contributed by atoms with E-state index < -0.39 is 0 Å². The Hall–Kier alpha value is -2.10. The number of hydrogen-bond acceptors (Lipinski definition) is 2. The molecule has 94 valence electrons. The van der Waals surface area contributed by atoms with Crippen molar-refractivity contribution >= 4 is 5.69 Å². The standard InChI is InChI=1S/C14H16N2O2/c1-14(2,3)11-6-4-5-10(9-11)13-12(16(17)18)7-8-15-13/h4-9,15H,1-3H3. The average Bonchev–Trinajstić information content (AvgIpc) is 2.77. The molecule has 0 saturated heterocycles. The van der Waals surface area contributed by atoms with Crippen molar-refractivity contribution in [1.29, 1.82) is 0 Å². The number of nitrogens with zero attached hydrogens (tertiary/aromatic N) is 1. The Morgan fingerprint density at radius 1 is 1.22 bits per heavy atom. The molecule has 4 heteroatoms. The van der Waals surface area contributed by atoms with E-state index in [0.29, 0.717) is 5.69 Å². The number of aromatic amines is 1. The topological polar surface area (TPSA) is 58.9 Å². The smallest absolute Gasteiger partial charge is 0.294 e. The van der Waals surface area contributed by atoms with E-state index in [0.717, 1.165) is 11.1 Å². The first-order valence-corrected chi connectivity index (χ1v) is 5.82. The summed E-state index contributed by atoms with van der Waals surface area (Å²) >= 11 is 0. The average molecular weight is 244 g/mol. The molecule has 0 radical (unpaired) electrons. The number of hydrogen-bond donors (Lipinski definition) is 1. The molecule has 0 aliphatic carbocycles. The van der Waals surface area contributed by atoms with E-state index in [1.165, 1.54) is 6.07 Å². The Morgan fingerprint density at radius 2 is 1.94 bits per heavy atom. The summed E-state index contributed by atoms with van der Waals surface area (Å²) < 4.78 is 0. The lowest BCUT2D eigenvalue weighted by atomic mass is 9.86. The minimum absolute atomic E-state index is 0.0252. The molecule has 18 heavy (non-hydrogen) atoms. The molecule has 1 heterocycles. The maximum atomic E-state index is 10.9. The second kappa shape index (κ2) is 4.29. The highest BCUT2D eigenvalue weighted by Crippen LogP contribution is 2.31. The summed E-state index contributed by atoms with van der Waals surface area (Å²) in [6.07, 6.45) is 1.59. The van der Waals surface area contributed by atoms with Gasteiger partial charge in [0.15, 0.2) is 0 Å². The van der Waals surface area contributed by atoms with Crippen molar-refractivity contribution in [3.8, 4) is 11.3 Å². The number of rotatable bonds is 2. The first kappa shape index (κ1) is 12.4. The van der Waals surface area contributed by atoms with Gasteiger partial charge in [0.2, 0.25) is 0 Å². The molecule has 0 atom stereocenters. The molecule has 0 aliphatic rings. The summed E-state index contributed by atoms with van der Waals surface area (Å²) in [5, 5.41) is 10.9. The van der Waals surface area contributed by atoms with Crippen LogP contribution in [-0.2, 0) is 5.41 Å². The van der Waals surface area contributed by atoms with E-state index >= 15 is 0 Å². The van der Waals surface area contributed by atoms with Crippen molar-refractivity contribution in [3.63, 3.8) is 0 Å². The van der Waals surface area contributed by atoms with Crippen LogP contribution in [0.2, 0.25) is 0 Å². The maximum absolute atomic E-state index is 10.9. The van der Waals surface area contributed by atoms with Gasteiger partial charge in [0.25, 0.3) is 5.69 Å². The van der Waals surface area contributed by atoms with Crippen LogP contribution in [0.25, 0.3) is 11.3 Å². The first-order valence-electron chi connectivity index (χ1n) is 5.82. The second-order valence-electron chi connectivity index (χ2n) is 5.33. The predicted octanol–water partition coefficient (Wildman–Crippen LogP) is 3.89. The molecule has 1 aromatic carbocycles. The van der Waals surface area contributed by atoms with Crippen LogP contribution >= 0.6 is 0 Å². The van der Waals surface area contributed by atoms with Gasteiger partial charge < -0.3 is 4.98 Å². The largest absolute Gasteiger partial charge is 0.355 e. The van der Waals surface area contributed by atoms with Crippen LogP contribution in [0.1, 0.15) is 26.3 Å². The van der Waals surface area contributed by atoms with Crippen LogP contribution in [0.4, 0.5) is 5.69 Å². The van der Waals surface area contributed by atoms with Gasteiger partial charge in [-0.2, -0.15) is 0 Å². The molecule has 2 rings (SSSR count). The first-order chi connectivity index (χ1) is 8.39. The summed E-state index contributed by atoms with van der Waals surface area (Å²) in [6.45, 7) is 6.36. The third-order valence-electron chi connectivity index (χ3n) is 2.94. The number of H-pyrrole nitrogens is 1. The van der Waals surface area contributed by atoms with E-state index in [-0.39, 0.29) is 16.0 Å².